The second kappa shape index (κ2) is 4.19. The van der Waals surface area contributed by atoms with Gasteiger partial charge in [0, 0.05) is 11.5 Å². The van der Waals surface area contributed by atoms with Gasteiger partial charge in [0.2, 0.25) is 11.5 Å². The van der Waals surface area contributed by atoms with E-state index in [2.05, 4.69) is 4.98 Å². The number of carbonyl (C=O) groups is 1. The molecule has 0 aliphatic heterocycles. The van der Waals surface area contributed by atoms with Gasteiger partial charge in [-0.15, -0.1) is 0 Å². The minimum absolute atomic E-state index is 0.241. The molecule has 2 aromatic rings. The van der Waals surface area contributed by atoms with Crippen LogP contribution in [0.1, 0.15) is 19.3 Å². The summed E-state index contributed by atoms with van der Waals surface area (Å²) in [5, 5.41) is 9.87. The summed E-state index contributed by atoms with van der Waals surface area (Å²) < 4.78 is 19.1. The second-order valence-electron chi connectivity index (χ2n) is 4.72. The number of benzene rings is 1. The average molecular weight is 261 g/mol. The lowest BCUT2D eigenvalue weighted by atomic mass is 9.80. The molecule has 1 aliphatic carbocycles. The summed E-state index contributed by atoms with van der Waals surface area (Å²) in [5.41, 5.74) is -0.756. The van der Waals surface area contributed by atoms with Crippen molar-refractivity contribution in [3.8, 4) is 5.75 Å². The number of carboxylic acid groups (broad SMARTS) is 1. The van der Waals surface area contributed by atoms with Crippen molar-refractivity contribution < 1.29 is 19.0 Å². The minimum Gasteiger partial charge on any atom is -0.478 e. The quantitative estimate of drug-likeness (QED) is 0.863. The van der Waals surface area contributed by atoms with Crippen LogP contribution in [0.15, 0.2) is 30.3 Å². The fourth-order valence-corrected chi connectivity index (χ4v) is 2.27. The molecule has 0 saturated heterocycles. The van der Waals surface area contributed by atoms with Gasteiger partial charge in [-0.1, -0.05) is 12.1 Å². The van der Waals surface area contributed by atoms with Gasteiger partial charge in [-0.05, 0) is 31.4 Å². The number of nitrogens with zero attached hydrogens (tertiary/aromatic N) is 1. The van der Waals surface area contributed by atoms with Crippen molar-refractivity contribution in [2.24, 2.45) is 0 Å². The Bertz CT molecular complexity index is 652. The first kappa shape index (κ1) is 11.9. The number of carboxylic acids is 1. The predicted octanol–water partition coefficient (Wildman–Crippen LogP) is 2.76. The largest absolute Gasteiger partial charge is 0.478 e. The number of pyridine rings is 1. The SMILES string of the molecule is O=C(O)C1(Oc2cc(F)nc3ccccc23)CCC1. The summed E-state index contributed by atoms with van der Waals surface area (Å²) in [6.45, 7) is 0. The summed E-state index contributed by atoms with van der Waals surface area (Å²) in [4.78, 5) is 15.1. The van der Waals surface area contributed by atoms with E-state index in [0.29, 0.717) is 23.7 Å². The smallest absolute Gasteiger partial charge is 0.348 e. The van der Waals surface area contributed by atoms with Crippen molar-refractivity contribution in [1.29, 1.82) is 0 Å². The summed E-state index contributed by atoms with van der Waals surface area (Å²) >= 11 is 0. The van der Waals surface area contributed by atoms with Crippen LogP contribution in [0.5, 0.6) is 5.75 Å². The van der Waals surface area contributed by atoms with E-state index in [-0.39, 0.29) is 5.75 Å². The molecule has 1 aromatic carbocycles. The van der Waals surface area contributed by atoms with Crippen LogP contribution in [0.2, 0.25) is 0 Å². The molecule has 4 nitrogen and oxygen atoms in total. The van der Waals surface area contributed by atoms with Crippen LogP contribution in [0, 0.1) is 5.95 Å². The van der Waals surface area contributed by atoms with Crippen LogP contribution >= 0.6 is 0 Å². The highest BCUT2D eigenvalue weighted by molar-refractivity contribution is 5.86. The van der Waals surface area contributed by atoms with Crippen LogP contribution in [0.4, 0.5) is 4.39 Å². The van der Waals surface area contributed by atoms with Gasteiger partial charge in [0.05, 0.1) is 5.52 Å². The zero-order valence-electron chi connectivity index (χ0n) is 10.1. The van der Waals surface area contributed by atoms with Crippen molar-refractivity contribution >= 4 is 16.9 Å². The van der Waals surface area contributed by atoms with Gasteiger partial charge in [-0.3, -0.25) is 0 Å². The van der Waals surface area contributed by atoms with Crippen molar-refractivity contribution in [2.45, 2.75) is 24.9 Å². The number of hydrogen-bond acceptors (Lipinski definition) is 3. The van der Waals surface area contributed by atoms with Gasteiger partial charge in [0.25, 0.3) is 0 Å². The number of rotatable bonds is 3. The summed E-state index contributed by atoms with van der Waals surface area (Å²) in [6, 6.07) is 8.08. The molecule has 5 heteroatoms. The maximum atomic E-state index is 13.5. The zero-order valence-corrected chi connectivity index (χ0v) is 10.1. The molecular weight excluding hydrogens is 249 g/mol. The third kappa shape index (κ3) is 1.91. The Morgan fingerprint density at radius 3 is 2.74 bits per heavy atom. The molecule has 0 spiro atoms. The maximum absolute atomic E-state index is 13.5. The Kier molecular flexibility index (Phi) is 2.62. The summed E-state index contributed by atoms with van der Waals surface area (Å²) in [7, 11) is 0. The van der Waals surface area contributed by atoms with Crippen molar-refractivity contribution in [1.82, 2.24) is 4.98 Å². The normalized spacial score (nSPS) is 16.9. The highest BCUT2D eigenvalue weighted by atomic mass is 19.1. The molecule has 1 N–H and O–H groups in total. The van der Waals surface area contributed by atoms with Crippen LogP contribution in [-0.4, -0.2) is 21.7 Å². The third-order valence-corrected chi connectivity index (χ3v) is 3.50. The van der Waals surface area contributed by atoms with Crippen LogP contribution in [-0.2, 0) is 4.79 Å². The van der Waals surface area contributed by atoms with E-state index in [1.54, 1.807) is 24.3 Å². The molecule has 1 fully saturated rings. The van der Waals surface area contributed by atoms with Crippen LogP contribution < -0.4 is 4.74 Å². The first-order chi connectivity index (χ1) is 9.11. The number of hydrogen-bond donors (Lipinski definition) is 1. The maximum Gasteiger partial charge on any atom is 0.348 e. The van der Waals surface area contributed by atoms with Crippen molar-refractivity contribution in [3.63, 3.8) is 0 Å². The van der Waals surface area contributed by atoms with E-state index in [1.165, 1.54) is 0 Å². The van der Waals surface area contributed by atoms with Gasteiger partial charge >= 0.3 is 5.97 Å². The lowest BCUT2D eigenvalue weighted by molar-refractivity contribution is -0.163. The Morgan fingerprint density at radius 1 is 1.37 bits per heavy atom. The van der Waals surface area contributed by atoms with Gasteiger partial charge in [0.1, 0.15) is 5.75 Å². The molecule has 0 bridgehead atoms. The number of halogens is 1. The zero-order chi connectivity index (χ0) is 13.5. The molecule has 98 valence electrons. The summed E-state index contributed by atoms with van der Waals surface area (Å²) in [6.07, 6.45) is 1.69. The Morgan fingerprint density at radius 2 is 2.11 bits per heavy atom. The van der Waals surface area contributed by atoms with E-state index in [0.717, 1.165) is 12.5 Å². The molecule has 1 saturated carbocycles. The molecule has 0 unspecified atom stereocenters. The molecule has 0 amide bonds. The molecule has 19 heavy (non-hydrogen) atoms. The highest BCUT2D eigenvalue weighted by Crippen LogP contribution is 2.39. The Hall–Kier alpha value is -2.17. The average Bonchev–Trinajstić information content (AvgIpc) is 2.32. The van der Waals surface area contributed by atoms with E-state index in [9.17, 15) is 14.3 Å². The first-order valence-electron chi connectivity index (χ1n) is 6.08. The number of fused-ring (bicyclic) bond motifs is 1. The topological polar surface area (TPSA) is 59.4 Å². The Balaban J connectivity index is 2.07. The molecule has 1 heterocycles. The number of aliphatic carboxylic acids is 1. The Labute approximate surface area is 108 Å². The first-order valence-corrected chi connectivity index (χ1v) is 6.08. The monoisotopic (exact) mass is 261 g/mol. The molecule has 3 rings (SSSR count). The lowest BCUT2D eigenvalue weighted by Gasteiger charge is -2.37. The fourth-order valence-electron chi connectivity index (χ4n) is 2.27. The van der Waals surface area contributed by atoms with Gasteiger partial charge in [-0.25, -0.2) is 9.78 Å². The fraction of sp³-hybridized carbons (Fsp3) is 0.286. The molecular formula is C14H12FNO3. The molecule has 1 aliphatic rings. The summed E-state index contributed by atoms with van der Waals surface area (Å²) in [5.74, 6) is -1.43. The second-order valence-corrected chi connectivity index (χ2v) is 4.72. The van der Waals surface area contributed by atoms with E-state index in [1.807, 2.05) is 0 Å². The number of ether oxygens (including phenoxy) is 1. The number of para-hydroxylation sites is 1. The lowest BCUT2D eigenvalue weighted by Crippen LogP contribution is -2.50. The predicted molar refractivity (Wildman–Crippen MR) is 66.5 cm³/mol. The standard InChI is InChI=1S/C14H12FNO3/c15-12-8-11(9-4-1-2-5-10(9)16-12)19-14(13(17)18)6-3-7-14/h1-2,4-5,8H,3,6-7H2,(H,17,18). The molecule has 1 aromatic heterocycles. The van der Waals surface area contributed by atoms with E-state index in [4.69, 9.17) is 4.74 Å². The van der Waals surface area contributed by atoms with Crippen molar-refractivity contribution in [2.75, 3.05) is 0 Å². The van der Waals surface area contributed by atoms with Gasteiger partial charge in [0.15, 0.2) is 0 Å². The van der Waals surface area contributed by atoms with E-state index >= 15 is 0 Å². The van der Waals surface area contributed by atoms with Crippen molar-refractivity contribution in [3.05, 3.63) is 36.3 Å². The van der Waals surface area contributed by atoms with Gasteiger partial charge < -0.3 is 9.84 Å². The van der Waals surface area contributed by atoms with Crippen LogP contribution in [0.25, 0.3) is 10.9 Å². The minimum atomic E-state index is -1.21. The number of aromatic nitrogens is 1. The molecule has 0 atom stereocenters. The molecule has 0 radical (unpaired) electrons. The van der Waals surface area contributed by atoms with E-state index < -0.39 is 17.5 Å². The third-order valence-electron chi connectivity index (χ3n) is 3.50. The van der Waals surface area contributed by atoms with Crippen LogP contribution in [0.3, 0.4) is 0 Å². The van der Waals surface area contributed by atoms with Gasteiger partial charge in [-0.2, -0.15) is 4.39 Å². The highest BCUT2D eigenvalue weighted by Gasteiger charge is 2.47.